The van der Waals surface area contributed by atoms with Crippen LogP contribution in [0.15, 0.2) is 72.0 Å². The zero-order chi connectivity index (χ0) is 20.5. The summed E-state index contributed by atoms with van der Waals surface area (Å²) in [7, 11) is 0. The average Bonchev–Trinajstić information content (AvgIpc) is 2.71. The van der Waals surface area contributed by atoms with E-state index >= 15 is 0 Å². The average molecular weight is 393 g/mol. The van der Waals surface area contributed by atoms with Gasteiger partial charge in [-0.15, -0.1) is 0 Å². The fourth-order valence-corrected chi connectivity index (χ4v) is 3.40. The van der Waals surface area contributed by atoms with E-state index in [9.17, 15) is 9.90 Å². The molecule has 1 heterocycles. The number of aliphatic hydroxyl groups excluding tert-OH is 1. The summed E-state index contributed by atoms with van der Waals surface area (Å²) in [5, 5.41) is 13.5. The molecule has 0 atom stereocenters. The molecular weight excluding hydrogens is 364 g/mol. The second-order valence-corrected chi connectivity index (χ2v) is 7.27. The van der Waals surface area contributed by atoms with E-state index in [1.807, 2.05) is 30.3 Å². The van der Waals surface area contributed by atoms with Crippen molar-refractivity contribution in [3.8, 4) is 0 Å². The van der Waals surface area contributed by atoms with Crippen molar-refractivity contribution in [2.24, 2.45) is 5.10 Å². The molecule has 1 saturated heterocycles. The van der Waals surface area contributed by atoms with Crippen molar-refractivity contribution in [1.82, 2.24) is 15.2 Å². The molecule has 2 N–H and O–H groups in total. The van der Waals surface area contributed by atoms with Gasteiger partial charge in [0.15, 0.2) is 0 Å². The molecule has 1 aliphatic rings. The Morgan fingerprint density at radius 2 is 1.69 bits per heavy atom. The number of carbonyl (C=O) groups excluding carboxylic acids is 1. The quantitative estimate of drug-likeness (QED) is 0.412. The van der Waals surface area contributed by atoms with Crippen molar-refractivity contribution in [2.45, 2.75) is 13.0 Å². The molecule has 6 heteroatoms. The minimum Gasteiger partial charge on any atom is -0.513 e. The van der Waals surface area contributed by atoms with Crippen LogP contribution in [0.3, 0.4) is 0 Å². The van der Waals surface area contributed by atoms with Crippen molar-refractivity contribution >= 4 is 12.1 Å². The summed E-state index contributed by atoms with van der Waals surface area (Å²) in [6.45, 7) is 8.44. The first-order chi connectivity index (χ1) is 14.1. The number of nitrogens with zero attached hydrogens (tertiary/aromatic N) is 3. The Labute approximate surface area is 172 Å². The Balaban J connectivity index is 1.41. The minimum absolute atomic E-state index is 0.0984. The molecule has 6 nitrogen and oxygen atoms in total. The monoisotopic (exact) mass is 392 g/mol. The lowest BCUT2D eigenvalue weighted by molar-refractivity contribution is -0.122. The molecule has 0 radical (unpaired) electrons. The van der Waals surface area contributed by atoms with Crippen molar-refractivity contribution in [3.63, 3.8) is 0 Å². The molecule has 1 fully saturated rings. The van der Waals surface area contributed by atoms with E-state index in [0.29, 0.717) is 13.0 Å². The van der Waals surface area contributed by atoms with E-state index in [2.05, 4.69) is 51.2 Å². The van der Waals surface area contributed by atoms with Crippen LogP contribution in [0.5, 0.6) is 0 Å². The lowest BCUT2D eigenvalue weighted by Gasteiger charge is -2.34. The predicted molar refractivity (Wildman–Crippen MR) is 116 cm³/mol. The van der Waals surface area contributed by atoms with Gasteiger partial charge in [-0.2, -0.15) is 5.10 Å². The molecule has 0 spiro atoms. The van der Waals surface area contributed by atoms with Crippen LogP contribution in [0.2, 0.25) is 0 Å². The Hall–Kier alpha value is -2.96. The van der Waals surface area contributed by atoms with Crippen LogP contribution in [0.4, 0.5) is 0 Å². The summed E-state index contributed by atoms with van der Waals surface area (Å²) in [6.07, 6.45) is 1.97. The molecule has 3 rings (SSSR count). The van der Waals surface area contributed by atoms with Crippen LogP contribution in [-0.4, -0.2) is 59.8 Å². The van der Waals surface area contributed by atoms with E-state index in [1.165, 1.54) is 5.56 Å². The number of aliphatic hydroxyl groups is 1. The standard InChI is InChI=1S/C23H28N4O2/c1-19(28)15-21-9-5-6-10-22(21)16-24-25-23(29)18-27-13-11-26(12-14-27)17-20-7-3-2-4-8-20/h2-10,16,28H,1,11-15,17-18H2,(H,25,29). The minimum atomic E-state index is -0.123. The van der Waals surface area contributed by atoms with Crippen LogP contribution in [0.1, 0.15) is 16.7 Å². The van der Waals surface area contributed by atoms with Gasteiger partial charge in [0.2, 0.25) is 0 Å². The van der Waals surface area contributed by atoms with Crippen molar-refractivity contribution in [1.29, 1.82) is 0 Å². The number of benzene rings is 2. The summed E-state index contributed by atoms with van der Waals surface area (Å²) < 4.78 is 0. The second kappa shape index (κ2) is 10.5. The van der Waals surface area contributed by atoms with E-state index in [4.69, 9.17) is 0 Å². The largest absolute Gasteiger partial charge is 0.513 e. The lowest BCUT2D eigenvalue weighted by Crippen LogP contribution is -2.48. The molecule has 29 heavy (non-hydrogen) atoms. The van der Waals surface area contributed by atoms with Crippen LogP contribution < -0.4 is 5.43 Å². The van der Waals surface area contributed by atoms with Crippen LogP contribution in [0.25, 0.3) is 0 Å². The number of hydrazone groups is 1. The topological polar surface area (TPSA) is 68.2 Å². The Kier molecular flexibility index (Phi) is 7.55. The normalized spacial score (nSPS) is 15.4. The van der Waals surface area contributed by atoms with E-state index in [-0.39, 0.29) is 11.7 Å². The first kappa shape index (κ1) is 20.8. The number of allylic oxidation sites excluding steroid dienone is 1. The predicted octanol–water partition coefficient (Wildman–Crippen LogP) is 2.57. The summed E-state index contributed by atoms with van der Waals surface area (Å²) in [5.41, 5.74) is 5.67. The van der Waals surface area contributed by atoms with Gasteiger partial charge in [0.1, 0.15) is 0 Å². The maximum atomic E-state index is 12.2. The maximum absolute atomic E-state index is 12.2. The van der Waals surface area contributed by atoms with Crippen LogP contribution in [-0.2, 0) is 17.8 Å². The highest BCUT2D eigenvalue weighted by Gasteiger charge is 2.18. The molecular formula is C23H28N4O2. The number of hydrogen-bond acceptors (Lipinski definition) is 5. The highest BCUT2D eigenvalue weighted by molar-refractivity contribution is 5.84. The Morgan fingerprint density at radius 1 is 1.03 bits per heavy atom. The third kappa shape index (κ3) is 6.85. The number of amides is 1. The van der Waals surface area contributed by atoms with Crippen molar-refractivity contribution < 1.29 is 9.90 Å². The molecule has 0 unspecified atom stereocenters. The third-order valence-corrected chi connectivity index (χ3v) is 4.92. The highest BCUT2D eigenvalue weighted by atomic mass is 16.3. The number of rotatable bonds is 8. The van der Waals surface area contributed by atoms with Gasteiger partial charge < -0.3 is 5.11 Å². The smallest absolute Gasteiger partial charge is 0.254 e. The zero-order valence-electron chi connectivity index (χ0n) is 16.6. The first-order valence-corrected chi connectivity index (χ1v) is 9.85. The van der Waals surface area contributed by atoms with E-state index < -0.39 is 0 Å². The van der Waals surface area contributed by atoms with Crippen LogP contribution in [0, 0.1) is 0 Å². The maximum Gasteiger partial charge on any atom is 0.254 e. The fourth-order valence-electron chi connectivity index (χ4n) is 3.40. The number of hydrogen-bond donors (Lipinski definition) is 2. The van der Waals surface area contributed by atoms with Crippen LogP contribution >= 0.6 is 0 Å². The van der Waals surface area contributed by atoms with Crippen molar-refractivity contribution in [3.05, 3.63) is 83.6 Å². The van der Waals surface area contributed by atoms with Crippen molar-refractivity contribution in [2.75, 3.05) is 32.7 Å². The highest BCUT2D eigenvalue weighted by Crippen LogP contribution is 2.10. The summed E-state index contributed by atoms with van der Waals surface area (Å²) in [5.74, 6) is -0.0249. The molecule has 1 aliphatic heterocycles. The summed E-state index contributed by atoms with van der Waals surface area (Å²) in [6, 6.07) is 18.0. The molecule has 152 valence electrons. The fraction of sp³-hybridized carbons (Fsp3) is 0.304. The number of carbonyl (C=O) groups is 1. The van der Waals surface area contributed by atoms with Gasteiger partial charge in [-0.25, -0.2) is 5.43 Å². The molecule has 0 aromatic heterocycles. The summed E-state index contributed by atoms with van der Waals surface area (Å²) >= 11 is 0. The third-order valence-electron chi connectivity index (χ3n) is 4.92. The number of piperazine rings is 1. The molecule has 2 aromatic carbocycles. The van der Waals surface area contributed by atoms with Gasteiger partial charge in [0, 0.05) is 39.1 Å². The Morgan fingerprint density at radius 3 is 2.41 bits per heavy atom. The van der Waals surface area contributed by atoms with Gasteiger partial charge in [0.05, 0.1) is 18.5 Å². The lowest BCUT2D eigenvalue weighted by atomic mass is 10.1. The first-order valence-electron chi connectivity index (χ1n) is 9.85. The van der Waals surface area contributed by atoms with Gasteiger partial charge >= 0.3 is 0 Å². The number of nitrogens with one attached hydrogen (secondary N) is 1. The molecule has 2 aromatic rings. The van der Waals surface area contributed by atoms with E-state index in [0.717, 1.165) is 43.9 Å². The molecule has 0 aliphatic carbocycles. The molecule has 0 saturated carbocycles. The zero-order valence-corrected chi connectivity index (χ0v) is 16.6. The van der Waals surface area contributed by atoms with Gasteiger partial charge in [0.25, 0.3) is 5.91 Å². The van der Waals surface area contributed by atoms with Gasteiger partial charge in [-0.1, -0.05) is 61.2 Å². The molecule has 0 bridgehead atoms. The van der Waals surface area contributed by atoms with Gasteiger partial charge in [-0.3, -0.25) is 14.6 Å². The summed E-state index contributed by atoms with van der Waals surface area (Å²) in [4.78, 5) is 16.8. The van der Waals surface area contributed by atoms with E-state index in [1.54, 1.807) is 6.21 Å². The Bertz CT molecular complexity index is 843. The SMILES string of the molecule is C=C(O)Cc1ccccc1C=NNC(=O)CN1CCN(Cc2ccccc2)CC1. The molecule has 1 amide bonds. The van der Waals surface area contributed by atoms with Gasteiger partial charge in [-0.05, 0) is 16.7 Å². The second-order valence-electron chi connectivity index (χ2n) is 7.27.